The molecule has 0 saturated carbocycles. The summed E-state index contributed by atoms with van der Waals surface area (Å²) in [5, 5.41) is 13.9. The van der Waals surface area contributed by atoms with E-state index in [4.69, 9.17) is 0 Å². The molecule has 2 rings (SSSR count). The third-order valence-electron chi connectivity index (χ3n) is 3.53. The molecule has 0 radical (unpaired) electrons. The molecular weight excluding hydrogens is 296 g/mol. The molecule has 0 spiro atoms. The fourth-order valence-electron chi connectivity index (χ4n) is 2.19. The molecule has 0 aromatic heterocycles. The van der Waals surface area contributed by atoms with Crippen LogP contribution in [0.4, 0.5) is 11.4 Å². The fourth-order valence-corrected chi connectivity index (χ4v) is 3.80. The number of hydrogen-bond donors (Lipinski definition) is 1. The summed E-state index contributed by atoms with van der Waals surface area (Å²) < 4.78 is 26.6. The second-order valence-corrected chi connectivity index (χ2v) is 6.80. The second kappa shape index (κ2) is 5.96. The first-order chi connectivity index (χ1) is 9.86. The Balaban J connectivity index is 2.45. The molecule has 0 aliphatic carbocycles. The minimum atomic E-state index is -3.87. The van der Waals surface area contributed by atoms with Gasteiger partial charge in [-0.2, -0.15) is 4.31 Å². The van der Waals surface area contributed by atoms with Gasteiger partial charge in [-0.1, -0.05) is 0 Å². The maximum atomic E-state index is 12.7. The average molecular weight is 314 g/mol. The highest BCUT2D eigenvalue weighted by molar-refractivity contribution is 7.89. The Bertz CT molecular complexity index is 639. The van der Waals surface area contributed by atoms with Crippen LogP contribution >= 0.6 is 0 Å². The van der Waals surface area contributed by atoms with Gasteiger partial charge in [0.15, 0.2) is 4.90 Å². The molecule has 0 bridgehead atoms. The van der Waals surface area contributed by atoms with E-state index in [0.717, 1.165) is 0 Å². The van der Waals surface area contributed by atoms with Gasteiger partial charge in [0, 0.05) is 45.0 Å². The summed E-state index contributed by atoms with van der Waals surface area (Å²) in [6.07, 6.45) is 0. The van der Waals surface area contributed by atoms with Crippen LogP contribution in [-0.4, -0.2) is 62.8 Å². The van der Waals surface area contributed by atoms with E-state index in [1.54, 1.807) is 7.05 Å². The first-order valence-electron chi connectivity index (χ1n) is 6.51. The first-order valence-corrected chi connectivity index (χ1v) is 7.95. The largest absolute Gasteiger partial charge is 0.388 e. The predicted octanol–water partition coefficient (Wildman–Crippen LogP) is 0.573. The maximum Gasteiger partial charge on any atom is 0.289 e. The molecule has 1 saturated heterocycles. The van der Waals surface area contributed by atoms with E-state index >= 15 is 0 Å². The zero-order chi connectivity index (χ0) is 15.6. The van der Waals surface area contributed by atoms with E-state index in [0.29, 0.717) is 31.9 Å². The van der Waals surface area contributed by atoms with Crippen molar-refractivity contribution >= 4 is 21.4 Å². The third-order valence-corrected chi connectivity index (χ3v) is 5.45. The van der Waals surface area contributed by atoms with Crippen molar-refractivity contribution < 1.29 is 13.3 Å². The highest BCUT2D eigenvalue weighted by atomic mass is 32.2. The summed E-state index contributed by atoms with van der Waals surface area (Å²) in [5.74, 6) is 0. The van der Waals surface area contributed by atoms with Gasteiger partial charge in [-0.15, -0.1) is 0 Å². The quantitative estimate of drug-likeness (QED) is 0.645. The van der Waals surface area contributed by atoms with Crippen molar-refractivity contribution in [3.63, 3.8) is 0 Å². The topological polar surface area (TPSA) is 95.8 Å². The number of nitro groups is 1. The molecule has 0 unspecified atom stereocenters. The van der Waals surface area contributed by atoms with Crippen LogP contribution in [0.3, 0.4) is 0 Å². The Morgan fingerprint density at radius 2 is 1.86 bits per heavy atom. The Morgan fingerprint density at radius 3 is 2.38 bits per heavy atom. The van der Waals surface area contributed by atoms with E-state index in [1.807, 2.05) is 11.9 Å². The van der Waals surface area contributed by atoms with Crippen molar-refractivity contribution in [1.29, 1.82) is 0 Å². The van der Waals surface area contributed by atoms with Crippen LogP contribution in [0.15, 0.2) is 23.1 Å². The van der Waals surface area contributed by atoms with Crippen LogP contribution in [0.5, 0.6) is 0 Å². The van der Waals surface area contributed by atoms with E-state index in [1.165, 1.54) is 22.5 Å². The van der Waals surface area contributed by atoms with Gasteiger partial charge in [-0.3, -0.25) is 10.1 Å². The average Bonchev–Trinajstić information content (AvgIpc) is 2.47. The van der Waals surface area contributed by atoms with Gasteiger partial charge in [0.05, 0.1) is 4.92 Å². The number of rotatable bonds is 4. The predicted molar refractivity (Wildman–Crippen MR) is 78.9 cm³/mol. The molecule has 1 aromatic rings. The Kier molecular flexibility index (Phi) is 4.45. The number of sulfonamides is 1. The number of benzene rings is 1. The molecule has 116 valence electrons. The number of likely N-dealkylation sites (N-methyl/N-ethyl adjacent to an activating group) is 1. The van der Waals surface area contributed by atoms with Gasteiger partial charge >= 0.3 is 0 Å². The monoisotopic (exact) mass is 314 g/mol. The molecule has 0 amide bonds. The SMILES string of the molecule is CNc1ccc([N+](=O)[O-])c(S(=O)(=O)N2CCN(C)CC2)c1. The second-order valence-electron chi connectivity index (χ2n) is 4.90. The smallest absolute Gasteiger partial charge is 0.289 e. The summed E-state index contributed by atoms with van der Waals surface area (Å²) in [4.78, 5) is 12.2. The van der Waals surface area contributed by atoms with Gasteiger partial charge in [-0.05, 0) is 19.2 Å². The molecule has 1 N–H and O–H groups in total. The Labute approximate surface area is 123 Å². The summed E-state index contributed by atoms with van der Waals surface area (Å²) >= 11 is 0. The number of piperazine rings is 1. The number of hydrogen-bond acceptors (Lipinski definition) is 6. The lowest BCUT2D eigenvalue weighted by Gasteiger charge is -2.31. The minimum absolute atomic E-state index is 0.260. The van der Waals surface area contributed by atoms with Crippen LogP contribution < -0.4 is 5.32 Å². The Morgan fingerprint density at radius 1 is 1.24 bits per heavy atom. The van der Waals surface area contributed by atoms with Crippen molar-refractivity contribution in [3.05, 3.63) is 28.3 Å². The van der Waals surface area contributed by atoms with Crippen molar-refractivity contribution in [2.45, 2.75) is 4.90 Å². The van der Waals surface area contributed by atoms with Crippen LogP contribution in [0.25, 0.3) is 0 Å². The number of anilines is 1. The van der Waals surface area contributed by atoms with E-state index in [-0.39, 0.29) is 4.90 Å². The van der Waals surface area contributed by atoms with E-state index in [2.05, 4.69) is 5.32 Å². The summed E-state index contributed by atoms with van der Waals surface area (Å²) in [6.45, 7) is 1.89. The van der Waals surface area contributed by atoms with Crippen molar-refractivity contribution in [2.24, 2.45) is 0 Å². The van der Waals surface area contributed by atoms with Crippen LogP contribution in [0, 0.1) is 10.1 Å². The van der Waals surface area contributed by atoms with Gasteiger partial charge in [0.2, 0.25) is 10.0 Å². The normalized spacial score (nSPS) is 17.6. The van der Waals surface area contributed by atoms with E-state index < -0.39 is 20.6 Å². The zero-order valence-electron chi connectivity index (χ0n) is 11.9. The lowest BCUT2D eigenvalue weighted by molar-refractivity contribution is -0.387. The molecule has 1 aliphatic heterocycles. The molecule has 1 aliphatic rings. The fraction of sp³-hybridized carbons (Fsp3) is 0.500. The molecule has 0 atom stereocenters. The molecule has 21 heavy (non-hydrogen) atoms. The van der Waals surface area contributed by atoms with Crippen molar-refractivity contribution in [2.75, 3.05) is 45.6 Å². The zero-order valence-corrected chi connectivity index (χ0v) is 12.8. The standard InChI is InChI=1S/C12H18N4O4S/c1-13-10-3-4-11(16(17)18)12(9-10)21(19,20)15-7-5-14(2)6-8-15/h3-4,9,13H,5-8H2,1-2H3. The third kappa shape index (κ3) is 3.14. The molecule has 9 heteroatoms. The summed E-state index contributed by atoms with van der Waals surface area (Å²) in [7, 11) is -0.326. The molecule has 1 aromatic carbocycles. The molecule has 1 heterocycles. The number of nitro benzene ring substituents is 1. The summed E-state index contributed by atoms with van der Waals surface area (Å²) in [5.41, 5.74) is 0.126. The number of nitrogens with zero attached hydrogens (tertiary/aromatic N) is 3. The molecular formula is C12H18N4O4S. The Hall–Kier alpha value is -1.71. The van der Waals surface area contributed by atoms with Crippen LogP contribution in [0.1, 0.15) is 0 Å². The maximum absolute atomic E-state index is 12.7. The first kappa shape index (κ1) is 15.7. The van der Waals surface area contributed by atoms with Gasteiger partial charge in [0.25, 0.3) is 5.69 Å². The van der Waals surface area contributed by atoms with Crippen LogP contribution in [-0.2, 0) is 10.0 Å². The van der Waals surface area contributed by atoms with Gasteiger partial charge in [-0.25, -0.2) is 8.42 Å². The molecule has 1 fully saturated rings. The van der Waals surface area contributed by atoms with Crippen molar-refractivity contribution in [1.82, 2.24) is 9.21 Å². The van der Waals surface area contributed by atoms with E-state index in [9.17, 15) is 18.5 Å². The summed E-state index contributed by atoms with van der Waals surface area (Å²) in [6, 6.07) is 4.02. The molecule has 8 nitrogen and oxygen atoms in total. The lowest BCUT2D eigenvalue weighted by atomic mass is 10.3. The lowest BCUT2D eigenvalue weighted by Crippen LogP contribution is -2.47. The number of nitrogens with one attached hydrogen (secondary N) is 1. The van der Waals surface area contributed by atoms with Gasteiger partial charge < -0.3 is 10.2 Å². The highest BCUT2D eigenvalue weighted by Crippen LogP contribution is 2.29. The minimum Gasteiger partial charge on any atom is -0.388 e. The van der Waals surface area contributed by atoms with Crippen molar-refractivity contribution in [3.8, 4) is 0 Å². The van der Waals surface area contributed by atoms with Gasteiger partial charge in [0.1, 0.15) is 0 Å². The highest BCUT2D eigenvalue weighted by Gasteiger charge is 2.33. The van der Waals surface area contributed by atoms with Crippen LogP contribution in [0.2, 0.25) is 0 Å².